The van der Waals surface area contributed by atoms with Gasteiger partial charge in [-0.3, -0.25) is 4.79 Å². The molecule has 0 spiro atoms. The molecule has 0 atom stereocenters. The van der Waals surface area contributed by atoms with E-state index in [1.54, 1.807) is 6.07 Å². The lowest BCUT2D eigenvalue weighted by Gasteiger charge is -2.21. The molecule has 0 saturated heterocycles. The largest absolute Gasteiger partial charge is 0.399 e. The zero-order chi connectivity index (χ0) is 13.0. The van der Waals surface area contributed by atoms with E-state index in [-0.39, 0.29) is 18.3 Å². The highest BCUT2D eigenvalue weighted by atomic mass is 35.5. The molecule has 1 aromatic carbocycles. The number of carbonyl (C=O) groups is 1. The van der Waals surface area contributed by atoms with Crippen LogP contribution in [-0.4, -0.2) is 12.5 Å². The van der Waals surface area contributed by atoms with Crippen molar-refractivity contribution in [1.29, 1.82) is 0 Å². The van der Waals surface area contributed by atoms with Crippen molar-refractivity contribution >= 4 is 24.0 Å². The van der Waals surface area contributed by atoms with Crippen molar-refractivity contribution in [1.82, 2.24) is 5.32 Å². The molecule has 0 bridgehead atoms. The van der Waals surface area contributed by atoms with Crippen molar-refractivity contribution < 1.29 is 4.79 Å². The number of carbonyl (C=O) groups excluding carboxylic acids is 1. The van der Waals surface area contributed by atoms with Crippen molar-refractivity contribution in [3.05, 3.63) is 29.3 Å². The van der Waals surface area contributed by atoms with Crippen LogP contribution in [0.1, 0.15) is 48.0 Å². The molecule has 1 saturated carbocycles. The van der Waals surface area contributed by atoms with Gasteiger partial charge in [0.2, 0.25) is 0 Å². The molecule has 1 fully saturated rings. The van der Waals surface area contributed by atoms with E-state index in [9.17, 15) is 4.79 Å². The van der Waals surface area contributed by atoms with E-state index in [2.05, 4.69) is 5.32 Å². The van der Waals surface area contributed by atoms with Crippen LogP contribution in [-0.2, 0) is 0 Å². The Bertz CT molecular complexity index is 428. The minimum atomic E-state index is 0. The third kappa shape index (κ3) is 4.43. The van der Waals surface area contributed by atoms with Gasteiger partial charge in [-0.15, -0.1) is 12.4 Å². The number of hydrogen-bond acceptors (Lipinski definition) is 2. The molecule has 4 heteroatoms. The second-order valence-electron chi connectivity index (χ2n) is 5.29. The van der Waals surface area contributed by atoms with Crippen LogP contribution in [0.5, 0.6) is 0 Å². The van der Waals surface area contributed by atoms with E-state index in [1.807, 2.05) is 19.1 Å². The van der Waals surface area contributed by atoms with Gasteiger partial charge in [0.25, 0.3) is 5.91 Å². The summed E-state index contributed by atoms with van der Waals surface area (Å²) in [5.41, 5.74) is 8.04. The number of nitrogens with two attached hydrogens (primary N) is 1. The SMILES string of the molecule is Cc1ccc(N)cc1C(=O)NCC1CCCCC1.Cl. The predicted molar refractivity (Wildman–Crippen MR) is 81.7 cm³/mol. The molecule has 1 aliphatic carbocycles. The summed E-state index contributed by atoms with van der Waals surface area (Å²) in [6, 6.07) is 5.48. The standard InChI is InChI=1S/C15H22N2O.ClH/c1-11-7-8-13(16)9-14(11)15(18)17-10-12-5-3-2-4-6-12;/h7-9,12H,2-6,10,16H2,1H3,(H,17,18);1H. The van der Waals surface area contributed by atoms with Gasteiger partial charge in [0.05, 0.1) is 0 Å². The number of aryl methyl sites for hydroxylation is 1. The first-order chi connectivity index (χ1) is 8.66. The summed E-state index contributed by atoms with van der Waals surface area (Å²) in [6.07, 6.45) is 6.45. The molecule has 1 amide bonds. The topological polar surface area (TPSA) is 55.1 Å². The molecule has 0 heterocycles. The number of anilines is 1. The molecule has 106 valence electrons. The highest BCUT2D eigenvalue weighted by Gasteiger charge is 2.15. The fourth-order valence-electron chi connectivity index (χ4n) is 2.61. The summed E-state index contributed by atoms with van der Waals surface area (Å²) >= 11 is 0. The first-order valence-electron chi connectivity index (χ1n) is 6.81. The Balaban J connectivity index is 0.00000180. The van der Waals surface area contributed by atoms with Crippen LogP contribution in [0, 0.1) is 12.8 Å². The molecule has 0 aromatic heterocycles. The second kappa shape index (κ2) is 7.39. The number of amides is 1. The Morgan fingerprint density at radius 1 is 1.32 bits per heavy atom. The quantitative estimate of drug-likeness (QED) is 0.836. The fraction of sp³-hybridized carbons (Fsp3) is 0.533. The molecule has 1 aromatic rings. The lowest BCUT2D eigenvalue weighted by molar-refractivity contribution is 0.0943. The fourth-order valence-corrected chi connectivity index (χ4v) is 2.61. The number of rotatable bonds is 3. The van der Waals surface area contributed by atoms with Gasteiger partial charge in [-0.05, 0) is 43.4 Å². The number of nitrogen functional groups attached to an aromatic ring is 1. The van der Waals surface area contributed by atoms with Crippen LogP contribution in [0.4, 0.5) is 5.69 Å². The van der Waals surface area contributed by atoms with Crippen LogP contribution in [0.2, 0.25) is 0 Å². The molecule has 0 aliphatic heterocycles. The summed E-state index contributed by atoms with van der Waals surface area (Å²) in [5.74, 6) is 0.662. The number of hydrogen-bond donors (Lipinski definition) is 2. The van der Waals surface area contributed by atoms with Crippen molar-refractivity contribution in [2.45, 2.75) is 39.0 Å². The average molecular weight is 283 g/mol. The van der Waals surface area contributed by atoms with Crippen LogP contribution in [0.25, 0.3) is 0 Å². The molecular weight excluding hydrogens is 260 g/mol. The van der Waals surface area contributed by atoms with Gasteiger partial charge in [0.1, 0.15) is 0 Å². The van der Waals surface area contributed by atoms with Crippen LogP contribution >= 0.6 is 12.4 Å². The van der Waals surface area contributed by atoms with E-state index < -0.39 is 0 Å². The molecular formula is C15H23ClN2O. The van der Waals surface area contributed by atoms with Gasteiger partial charge in [-0.25, -0.2) is 0 Å². The highest BCUT2D eigenvalue weighted by Crippen LogP contribution is 2.23. The molecule has 19 heavy (non-hydrogen) atoms. The zero-order valence-corrected chi connectivity index (χ0v) is 12.3. The third-order valence-corrected chi connectivity index (χ3v) is 3.78. The zero-order valence-electron chi connectivity index (χ0n) is 11.4. The summed E-state index contributed by atoms with van der Waals surface area (Å²) in [4.78, 5) is 12.1. The summed E-state index contributed by atoms with van der Waals surface area (Å²) in [5, 5.41) is 3.04. The predicted octanol–water partition coefficient (Wildman–Crippen LogP) is 3.31. The van der Waals surface area contributed by atoms with E-state index in [1.165, 1.54) is 32.1 Å². The Labute approximate surface area is 121 Å². The highest BCUT2D eigenvalue weighted by molar-refractivity contribution is 5.96. The molecule has 0 radical (unpaired) electrons. The molecule has 3 nitrogen and oxygen atoms in total. The lowest BCUT2D eigenvalue weighted by Crippen LogP contribution is -2.30. The maximum Gasteiger partial charge on any atom is 0.251 e. The second-order valence-corrected chi connectivity index (χ2v) is 5.29. The molecule has 0 unspecified atom stereocenters. The van der Waals surface area contributed by atoms with Gasteiger partial charge in [-0.1, -0.05) is 25.3 Å². The molecule has 3 N–H and O–H groups in total. The van der Waals surface area contributed by atoms with E-state index in [0.29, 0.717) is 17.2 Å². The van der Waals surface area contributed by atoms with Crippen LogP contribution in [0.3, 0.4) is 0 Å². The first kappa shape index (κ1) is 15.8. The van der Waals surface area contributed by atoms with Crippen molar-refractivity contribution in [3.8, 4) is 0 Å². The monoisotopic (exact) mass is 282 g/mol. The van der Waals surface area contributed by atoms with E-state index in [0.717, 1.165) is 12.1 Å². The van der Waals surface area contributed by atoms with Crippen LogP contribution < -0.4 is 11.1 Å². The summed E-state index contributed by atoms with van der Waals surface area (Å²) in [6.45, 7) is 2.74. The lowest BCUT2D eigenvalue weighted by atomic mass is 9.89. The summed E-state index contributed by atoms with van der Waals surface area (Å²) < 4.78 is 0. The van der Waals surface area contributed by atoms with Crippen molar-refractivity contribution in [2.75, 3.05) is 12.3 Å². The number of nitrogens with one attached hydrogen (secondary N) is 1. The van der Waals surface area contributed by atoms with Gasteiger partial charge in [-0.2, -0.15) is 0 Å². The Hall–Kier alpha value is -1.22. The maximum absolute atomic E-state index is 12.1. The number of halogens is 1. The minimum absolute atomic E-state index is 0. The van der Waals surface area contributed by atoms with Gasteiger partial charge >= 0.3 is 0 Å². The van der Waals surface area contributed by atoms with Crippen molar-refractivity contribution in [3.63, 3.8) is 0 Å². The first-order valence-corrected chi connectivity index (χ1v) is 6.81. The van der Waals surface area contributed by atoms with Crippen molar-refractivity contribution in [2.24, 2.45) is 5.92 Å². The van der Waals surface area contributed by atoms with Gasteiger partial charge in [0, 0.05) is 17.8 Å². The molecule has 2 rings (SSSR count). The van der Waals surface area contributed by atoms with E-state index >= 15 is 0 Å². The smallest absolute Gasteiger partial charge is 0.251 e. The summed E-state index contributed by atoms with van der Waals surface area (Å²) in [7, 11) is 0. The van der Waals surface area contributed by atoms with E-state index in [4.69, 9.17) is 5.73 Å². The van der Waals surface area contributed by atoms with Crippen LogP contribution in [0.15, 0.2) is 18.2 Å². The normalized spacial score (nSPS) is 15.6. The Morgan fingerprint density at radius 2 is 2.00 bits per heavy atom. The Morgan fingerprint density at radius 3 is 2.68 bits per heavy atom. The average Bonchev–Trinajstić information content (AvgIpc) is 2.40. The van der Waals surface area contributed by atoms with Gasteiger partial charge in [0.15, 0.2) is 0 Å². The number of benzene rings is 1. The maximum atomic E-state index is 12.1. The van der Waals surface area contributed by atoms with Gasteiger partial charge < -0.3 is 11.1 Å². The Kier molecular flexibility index (Phi) is 6.16. The third-order valence-electron chi connectivity index (χ3n) is 3.78. The molecule has 1 aliphatic rings. The minimum Gasteiger partial charge on any atom is -0.399 e.